The number of hydrogen-bond donors (Lipinski definition) is 0. The number of fused-ring (bicyclic) bond motifs is 1. The molecular weight excluding hydrogens is 572 g/mol. The first kappa shape index (κ1) is 38.3. The summed E-state index contributed by atoms with van der Waals surface area (Å²) in [4.78, 5) is 44.7. The van der Waals surface area contributed by atoms with Gasteiger partial charge in [0.2, 0.25) is 5.91 Å². The second-order valence-electron chi connectivity index (χ2n) is 12.9. The average Bonchev–Trinajstić information content (AvgIpc) is 3.34. The van der Waals surface area contributed by atoms with Crippen molar-refractivity contribution in [2.45, 2.75) is 143 Å². The van der Waals surface area contributed by atoms with Crippen molar-refractivity contribution in [1.82, 2.24) is 9.80 Å². The van der Waals surface area contributed by atoms with Crippen LogP contribution < -0.4 is 0 Å². The molecule has 7 nitrogen and oxygen atoms in total. The Morgan fingerprint density at radius 2 is 1.43 bits per heavy atom. The zero-order valence-corrected chi connectivity index (χ0v) is 29.5. The van der Waals surface area contributed by atoms with Crippen molar-refractivity contribution in [3.05, 3.63) is 20.9 Å². The minimum atomic E-state index is -0.232. The van der Waals surface area contributed by atoms with Crippen LogP contribution in [0.4, 0.5) is 0 Å². The third-order valence-electron chi connectivity index (χ3n) is 8.70. The molecule has 1 aliphatic rings. The quantitative estimate of drug-likeness (QED) is 0.0839. The highest BCUT2D eigenvalue weighted by Crippen LogP contribution is 2.33. The molecule has 0 saturated heterocycles. The molecular formula is C36H62N2O5S. The number of rotatable bonds is 24. The molecule has 8 heteroatoms. The fourth-order valence-electron chi connectivity index (χ4n) is 6.01. The van der Waals surface area contributed by atoms with Crippen molar-refractivity contribution >= 4 is 29.2 Å². The Hall–Kier alpha value is -1.93. The smallest absolute Gasteiger partial charge is 0.339 e. The minimum absolute atomic E-state index is 0.0155. The molecule has 0 fully saturated rings. The fraction of sp³-hybridized carbons (Fsp3) is 0.806. The molecule has 2 rings (SSSR count). The highest BCUT2D eigenvalue weighted by Gasteiger charge is 2.29. The number of carbonyl (C=O) groups is 3. The summed E-state index contributed by atoms with van der Waals surface area (Å²) in [7, 11) is 4.02. The van der Waals surface area contributed by atoms with E-state index in [2.05, 4.69) is 18.7 Å². The average molecular weight is 635 g/mol. The summed E-state index contributed by atoms with van der Waals surface area (Å²) in [6.07, 6.45) is 18.6. The van der Waals surface area contributed by atoms with Crippen LogP contribution in [0.15, 0.2) is 0 Å². The van der Waals surface area contributed by atoms with E-state index in [0.717, 1.165) is 73.2 Å². The molecule has 2 heterocycles. The Balaban J connectivity index is 1.69. The highest BCUT2D eigenvalue weighted by atomic mass is 32.1. The van der Waals surface area contributed by atoms with Gasteiger partial charge in [0.25, 0.3) is 0 Å². The first-order valence-electron chi connectivity index (χ1n) is 17.7. The molecule has 1 aromatic rings. The van der Waals surface area contributed by atoms with E-state index in [1.807, 2.05) is 25.9 Å². The maximum absolute atomic E-state index is 13.0. The number of hydrogen-bond acceptors (Lipinski definition) is 7. The van der Waals surface area contributed by atoms with Gasteiger partial charge >= 0.3 is 11.9 Å². The number of carbonyl (C=O) groups excluding carboxylic acids is 3. The van der Waals surface area contributed by atoms with Crippen molar-refractivity contribution in [3.8, 4) is 0 Å². The fourth-order valence-corrected chi connectivity index (χ4v) is 7.24. The molecule has 1 amide bonds. The Kier molecular flexibility index (Phi) is 19.6. The van der Waals surface area contributed by atoms with Crippen LogP contribution in [0.3, 0.4) is 0 Å². The van der Waals surface area contributed by atoms with Gasteiger partial charge in [-0.15, -0.1) is 11.3 Å². The Morgan fingerprint density at radius 3 is 2.11 bits per heavy atom. The summed E-state index contributed by atoms with van der Waals surface area (Å²) in [6.45, 7) is 9.39. The lowest BCUT2D eigenvalue weighted by molar-refractivity contribution is -0.149. The molecule has 1 aliphatic heterocycles. The van der Waals surface area contributed by atoms with E-state index in [-0.39, 0.29) is 23.8 Å². The molecule has 0 aromatic carbocycles. The molecule has 252 valence electrons. The van der Waals surface area contributed by atoms with Gasteiger partial charge in [-0.05, 0) is 71.5 Å². The van der Waals surface area contributed by atoms with Crippen molar-refractivity contribution in [1.29, 1.82) is 0 Å². The SMILES string of the molecule is CCCCCCCCC(CCCCCC)C(=O)OCCCCCC(=O)N1CCc2c(sc(C)c2C(=O)OCCCN(C)C)C1. The summed E-state index contributed by atoms with van der Waals surface area (Å²) in [5.41, 5.74) is 1.78. The number of ether oxygens (including phenoxy) is 2. The lowest BCUT2D eigenvalue weighted by atomic mass is 9.94. The number of aryl methyl sites for hydroxylation is 1. The van der Waals surface area contributed by atoms with Gasteiger partial charge in [0.1, 0.15) is 0 Å². The standard InChI is InChI=1S/C36H62N2O5S/c1-6-8-10-12-13-16-21-30(20-15-11-9-7-2)35(40)42-26-18-14-17-22-33(39)38-25-23-31-32(28-38)44-29(3)34(31)36(41)43-27-19-24-37(4)5/h30H,6-28H2,1-5H3. The van der Waals surface area contributed by atoms with Crippen LogP contribution in [-0.4, -0.2) is 68.0 Å². The van der Waals surface area contributed by atoms with Crippen molar-refractivity contribution in [3.63, 3.8) is 0 Å². The zero-order valence-electron chi connectivity index (χ0n) is 28.7. The van der Waals surface area contributed by atoms with Crippen molar-refractivity contribution < 1.29 is 23.9 Å². The van der Waals surface area contributed by atoms with Crippen molar-refractivity contribution in [2.24, 2.45) is 5.92 Å². The molecule has 44 heavy (non-hydrogen) atoms. The maximum Gasteiger partial charge on any atom is 0.339 e. The molecule has 1 unspecified atom stereocenters. The van der Waals surface area contributed by atoms with Crippen LogP contribution in [0.2, 0.25) is 0 Å². The van der Waals surface area contributed by atoms with Gasteiger partial charge < -0.3 is 19.3 Å². The van der Waals surface area contributed by atoms with E-state index in [9.17, 15) is 14.4 Å². The monoisotopic (exact) mass is 634 g/mol. The second kappa shape index (κ2) is 22.6. The summed E-state index contributed by atoms with van der Waals surface area (Å²) >= 11 is 1.61. The predicted molar refractivity (Wildman–Crippen MR) is 181 cm³/mol. The summed E-state index contributed by atoms with van der Waals surface area (Å²) in [5.74, 6) is -0.0460. The van der Waals surface area contributed by atoms with Gasteiger partial charge in [-0.1, -0.05) is 78.1 Å². The predicted octanol–water partition coefficient (Wildman–Crippen LogP) is 8.49. The molecule has 0 spiro atoms. The van der Waals surface area contributed by atoms with Gasteiger partial charge in [-0.2, -0.15) is 0 Å². The number of esters is 2. The van der Waals surface area contributed by atoms with Crippen molar-refractivity contribution in [2.75, 3.05) is 40.4 Å². The van der Waals surface area contributed by atoms with E-state index in [1.165, 1.54) is 51.4 Å². The van der Waals surface area contributed by atoms with Gasteiger partial charge in [0.15, 0.2) is 0 Å². The summed E-state index contributed by atoms with van der Waals surface area (Å²) in [6, 6.07) is 0. The van der Waals surface area contributed by atoms with E-state index in [1.54, 1.807) is 11.3 Å². The van der Waals surface area contributed by atoms with Crippen LogP contribution in [-0.2, 0) is 32.0 Å². The van der Waals surface area contributed by atoms with Gasteiger partial charge in [0.05, 0.1) is 31.2 Å². The van der Waals surface area contributed by atoms with Gasteiger partial charge in [-0.3, -0.25) is 9.59 Å². The van der Waals surface area contributed by atoms with E-state index < -0.39 is 0 Å². The Morgan fingerprint density at radius 1 is 0.818 bits per heavy atom. The highest BCUT2D eigenvalue weighted by molar-refractivity contribution is 7.12. The van der Waals surface area contributed by atoms with Crippen LogP contribution in [0.5, 0.6) is 0 Å². The topological polar surface area (TPSA) is 76.2 Å². The third-order valence-corrected chi connectivity index (χ3v) is 9.83. The van der Waals surface area contributed by atoms with E-state index in [4.69, 9.17) is 9.47 Å². The largest absolute Gasteiger partial charge is 0.465 e. The third kappa shape index (κ3) is 14.4. The Bertz CT molecular complexity index is 976. The molecule has 1 atom stereocenters. The Labute approximate surface area is 272 Å². The molecule has 1 aromatic heterocycles. The van der Waals surface area contributed by atoms with Crippen LogP contribution >= 0.6 is 11.3 Å². The lowest BCUT2D eigenvalue weighted by Gasteiger charge is -2.27. The minimum Gasteiger partial charge on any atom is -0.465 e. The van der Waals surface area contributed by atoms with Crippen LogP contribution in [0.25, 0.3) is 0 Å². The maximum atomic E-state index is 13.0. The van der Waals surface area contributed by atoms with E-state index >= 15 is 0 Å². The molecule has 0 saturated carbocycles. The number of nitrogens with zero attached hydrogens (tertiary/aromatic N) is 2. The summed E-state index contributed by atoms with van der Waals surface area (Å²) in [5, 5.41) is 0. The molecule has 0 N–H and O–H groups in total. The first-order chi connectivity index (χ1) is 21.3. The number of unbranched alkanes of at least 4 members (excludes halogenated alkanes) is 10. The lowest BCUT2D eigenvalue weighted by Crippen LogP contribution is -2.35. The second-order valence-corrected chi connectivity index (χ2v) is 14.2. The molecule has 0 radical (unpaired) electrons. The number of thiophene rings is 1. The normalized spacial score (nSPS) is 13.6. The summed E-state index contributed by atoms with van der Waals surface area (Å²) < 4.78 is 11.3. The van der Waals surface area contributed by atoms with Gasteiger partial charge in [-0.25, -0.2) is 4.79 Å². The van der Waals surface area contributed by atoms with Crippen LogP contribution in [0.1, 0.15) is 149 Å². The van der Waals surface area contributed by atoms with E-state index in [0.29, 0.717) is 44.7 Å². The molecule has 0 bridgehead atoms. The number of amides is 1. The first-order valence-corrected chi connectivity index (χ1v) is 18.5. The van der Waals surface area contributed by atoms with Crippen LogP contribution in [0, 0.1) is 12.8 Å². The van der Waals surface area contributed by atoms with Gasteiger partial charge in [0, 0.05) is 29.3 Å². The molecule has 0 aliphatic carbocycles. The zero-order chi connectivity index (χ0) is 32.2.